The van der Waals surface area contributed by atoms with Gasteiger partial charge < -0.3 is 5.11 Å². The summed E-state index contributed by atoms with van der Waals surface area (Å²) in [6.45, 7) is 0. The van der Waals surface area contributed by atoms with Gasteiger partial charge in [-0.15, -0.1) is 0 Å². The van der Waals surface area contributed by atoms with E-state index in [0.29, 0.717) is 5.69 Å². The molecule has 0 atom stereocenters. The first-order valence-corrected chi connectivity index (χ1v) is 4.04. The first-order chi connectivity index (χ1) is 6.79. The van der Waals surface area contributed by atoms with Crippen molar-refractivity contribution in [1.82, 2.24) is 9.78 Å². The highest BCUT2D eigenvalue weighted by atomic mass is 16.4. The van der Waals surface area contributed by atoms with Gasteiger partial charge in [-0.05, 0) is 12.1 Å². The maximum absolute atomic E-state index is 10.8. The minimum atomic E-state index is -1.01. The van der Waals surface area contributed by atoms with E-state index in [4.69, 9.17) is 5.11 Å². The SMILES string of the molecule is O=C(O)c1c[c]nn1-c1ccccc1. The second-order valence-electron chi connectivity index (χ2n) is 2.71. The molecule has 0 unspecified atom stereocenters. The lowest BCUT2D eigenvalue weighted by molar-refractivity contribution is 0.0687. The van der Waals surface area contributed by atoms with E-state index in [0.717, 1.165) is 0 Å². The van der Waals surface area contributed by atoms with Gasteiger partial charge >= 0.3 is 5.97 Å². The third-order valence-corrected chi connectivity index (χ3v) is 1.81. The Balaban J connectivity index is 2.52. The molecule has 14 heavy (non-hydrogen) atoms. The molecule has 0 spiro atoms. The highest BCUT2D eigenvalue weighted by Gasteiger charge is 2.10. The fourth-order valence-electron chi connectivity index (χ4n) is 1.18. The smallest absolute Gasteiger partial charge is 0.354 e. The Bertz CT molecular complexity index is 448. The normalized spacial score (nSPS) is 10.0. The van der Waals surface area contributed by atoms with Crippen LogP contribution in [0.3, 0.4) is 0 Å². The second-order valence-corrected chi connectivity index (χ2v) is 2.71. The lowest BCUT2D eigenvalue weighted by atomic mass is 10.3. The topological polar surface area (TPSA) is 55.1 Å². The minimum Gasteiger partial charge on any atom is -0.477 e. The molecule has 69 valence electrons. The number of aromatic carboxylic acids is 1. The van der Waals surface area contributed by atoms with E-state index in [1.54, 1.807) is 12.1 Å². The van der Waals surface area contributed by atoms with Crippen molar-refractivity contribution >= 4 is 5.97 Å². The van der Waals surface area contributed by atoms with Crippen LogP contribution in [0.4, 0.5) is 0 Å². The number of benzene rings is 1. The molecule has 1 aromatic carbocycles. The summed E-state index contributed by atoms with van der Waals surface area (Å²) in [7, 11) is 0. The van der Waals surface area contributed by atoms with E-state index in [1.165, 1.54) is 10.7 Å². The molecule has 1 N–H and O–H groups in total. The molecule has 1 aromatic heterocycles. The molecule has 1 radical (unpaired) electrons. The maximum atomic E-state index is 10.8. The molecular formula is C10H7N2O2. The summed E-state index contributed by atoms with van der Waals surface area (Å²) in [5, 5.41) is 12.7. The number of rotatable bonds is 2. The molecule has 4 nitrogen and oxygen atoms in total. The van der Waals surface area contributed by atoms with Crippen LogP contribution in [0.25, 0.3) is 5.69 Å². The molecule has 0 aliphatic heterocycles. The Morgan fingerprint density at radius 1 is 1.36 bits per heavy atom. The molecule has 0 aliphatic rings. The number of hydrogen-bond donors (Lipinski definition) is 1. The Morgan fingerprint density at radius 3 is 2.71 bits per heavy atom. The van der Waals surface area contributed by atoms with Crippen LogP contribution in [0.1, 0.15) is 10.5 Å². The summed E-state index contributed by atoms with van der Waals surface area (Å²) in [5.74, 6) is -1.01. The molecule has 0 aliphatic carbocycles. The number of carbonyl (C=O) groups is 1. The number of aromatic nitrogens is 2. The quantitative estimate of drug-likeness (QED) is 0.772. The third kappa shape index (κ3) is 1.37. The minimum absolute atomic E-state index is 0.108. The molecule has 2 rings (SSSR count). The van der Waals surface area contributed by atoms with Gasteiger partial charge in [0.05, 0.1) is 5.69 Å². The lowest BCUT2D eigenvalue weighted by Gasteiger charge is -2.02. The van der Waals surface area contributed by atoms with Crippen molar-refractivity contribution in [3.05, 3.63) is 48.3 Å². The second kappa shape index (κ2) is 3.33. The summed E-state index contributed by atoms with van der Waals surface area (Å²) in [6.07, 6.45) is 2.51. The summed E-state index contributed by atoms with van der Waals surface area (Å²) in [5.41, 5.74) is 0.822. The van der Waals surface area contributed by atoms with Crippen LogP contribution < -0.4 is 0 Å². The zero-order chi connectivity index (χ0) is 9.97. The third-order valence-electron chi connectivity index (χ3n) is 1.81. The van der Waals surface area contributed by atoms with Crippen molar-refractivity contribution in [3.63, 3.8) is 0 Å². The van der Waals surface area contributed by atoms with Crippen molar-refractivity contribution in [1.29, 1.82) is 0 Å². The van der Waals surface area contributed by atoms with Crippen LogP contribution in [-0.4, -0.2) is 20.9 Å². The van der Waals surface area contributed by atoms with E-state index in [9.17, 15) is 4.79 Å². The van der Waals surface area contributed by atoms with E-state index in [1.807, 2.05) is 18.2 Å². The molecule has 0 amide bonds. The zero-order valence-electron chi connectivity index (χ0n) is 7.21. The van der Waals surface area contributed by atoms with Gasteiger partial charge in [0.2, 0.25) is 0 Å². The van der Waals surface area contributed by atoms with Crippen molar-refractivity contribution < 1.29 is 9.90 Å². The highest BCUT2D eigenvalue weighted by molar-refractivity contribution is 5.86. The Morgan fingerprint density at radius 2 is 2.07 bits per heavy atom. The summed E-state index contributed by atoms with van der Waals surface area (Å²) in [6, 6.07) is 10.4. The van der Waals surface area contributed by atoms with Crippen molar-refractivity contribution in [2.75, 3.05) is 0 Å². The van der Waals surface area contributed by atoms with Gasteiger partial charge in [0, 0.05) is 6.07 Å². The monoisotopic (exact) mass is 187 g/mol. The molecule has 1 heterocycles. The first kappa shape index (κ1) is 8.50. The molecule has 0 saturated carbocycles. The van der Waals surface area contributed by atoms with Crippen molar-refractivity contribution in [2.45, 2.75) is 0 Å². The van der Waals surface area contributed by atoms with Gasteiger partial charge in [-0.25, -0.2) is 9.48 Å². The maximum Gasteiger partial charge on any atom is 0.354 e. The number of carboxylic acids is 1. The molecule has 0 bridgehead atoms. The Kier molecular flexibility index (Phi) is 2.02. The van der Waals surface area contributed by atoms with Crippen LogP contribution in [0.5, 0.6) is 0 Å². The molecule has 0 fully saturated rings. The molecule has 4 heteroatoms. The molecule has 2 aromatic rings. The number of para-hydroxylation sites is 1. The summed E-state index contributed by atoms with van der Waals surface area (Å²) in [4.78, 5) is 10.8. The number of nitrogens with zero attached hydrogens (tertiary/aromatic N) is 2. The predicted octanol–water partition coefficient (Wildman–Crippen LogP) is 1.37. The largest absolute Gasteiger partial charge is 0.477 e. The van der Waals surface area contributed by atoms with Crippen LogP contribution in [0.15, 0.2) is 36.4 Å². The van der Waals surface area contributed by atoms with Gasteiger partial charge in [-0.3, -0.25) is 0 Å². The van der Waals surface area contributed by atoms with Gasteiger partial charge in [-0.1, -0.05) is 18.2 Å². The Labute approximate surface area is 80.4 Å². The van der Waals surface area contributed by atoms with Crippen LogP contribution in [-0.2, 0) is 0 Å². The Hall–Kier alpha value is -2.10. The van der Waals surface area contributed by atoms with Crippen LogP contribution >= 0.6 is 0 Å². The van der Waals surface area contributed by atoms with E-state index in [-0.39, 0.29) is 5.69 Å². The van der Waals surface area contributed by atoms with Crippen LogP contribution in [0, 0.1) is 6.20 Å². The van der Waals surface area contributed by atoms with Gasteiger partial charge in [0.1, 0.15) is 6.20 Å². The van der Waals surface area contributed by atoms with Crippen LogP contribution in [0.2, 0.25) is 0 Å². The standard InChI is InChI=1S/C10H7N2O2/c13-10(14)9-6-7-11-12(9)8-4-2-1-3-5-8/h1-6H,(H,13,14). The summed E-state index contributed by atoms with van der Waals surface area (Å²) < 4.78 is 1.34. The predicted molar refractivity (Wildman–Crippen MR) is 49.4 cm³/mol. The molecular weight excluding hydrogens is 180 g/mol. The van der Waals surface area contributed by atoms with Gasteiger partial charge in [-0.2, -0.15) is 5.10 Å². The fraction of sp³-hybridized carbons (Fsp3) is 0. The number of carboxylic acid groups (broad SMARTS) is 1. The number of hydrogen-bond acceptors (Lipinski definition) is 2. The zero-order valence-corrected chi connectivity index (χ0v) is 7.21. The fourth-order valence-corrected chi connectivity index (χ4v) is 1.18. The van der Waals surface area contributed by atoms with Gasteiger partial charge in [0.15, 0.2) is 5.69 Å². The van der Waals surface area contributed by atoms with Crippen molar-refractivity contribution in [2.24, 2.45) is 0 Å². The first-order valence-electron chi connectivity index (χ1n) is 4.04. The van der Waals surface area contributed by atoms with Gasteiger partial charge in [0.25, 0.3) is 0 Å². The van der Waals surface area contributed by atoms with Crippen molar-refractivity contribution in [3.8, 4) is 5.69 Å². The lowest BCUT2D eigenvalue weighted by Crippen LogP contribution is -2.07. The van der Waals surface area contributed by atoms with E-state index < -0.39 is 5.97 Å². The molecule has 0 saturated heterocycles. The van der Waals surface area contributed by atoms with E-state index >= 15 is 0 Å². The average molecular weight is 187 g/mol. The highest BCUT2D eigenvalue weighted by Crippen LogP contribution is 2.08. The van der Waals surface area contributed by atoms with E-state index in [2.05, 4.69) is 11.3 Å². The summed E-state index contributed by atoms with van der Waals surface area (Å²) >= 11 is 0. The average Bonchev–Trinajstić information content (AvgIpc) is 2.67.